The summed E-state index contributed by atoms with van der Waals surface area (Å²) in [7, 11) is 0. The molecule has 3 heteroatoms. The van der Waals surface area contributed by atoms with E-state index in [1.54, 1.807) is 6.92 Å². The van der Waals surface area contributed by atoms with Crippen LogP contribution in [0, 0.1) is 29.1 Å². The Morgan fingerprint density at radius 1 is 1.24 bits per heavy atom. The first-order chi connectivity index (χ1) is 9.84. The van der Waals surface area contributed by atoms with Gasteiger partial charge in [0.1, 0.15) is 5.78 Å². The summed E-state index contributed by atoms with van der Waals surface area (Å²) in [5, 5.41) is 8.59. The number of hydrogen-bond donors (Lipinski definition) is 1. The molecule has 21 heavy (non-hydrogen) atoms. The predicted octanol–water partition coefficient (Wildman–Crippen LogP) is 4.08. The van der Waals surface area contributed by atoms with Crippen molar-refractivity contribution in [3.63, 3.8) is 0 Å². The maximum absolute atomic E-state index is 12.1. The number of fused-ring (bicyclic) bond motifs is 2. The SMILES string of the molecule is CC(=O)C1C2CC(C[C@@H]1CC=CCCCC(=O)O)C2(C)C. The van der Waals surface area contributed by atoms with Crippen LogP contribution in [0.15, 0.2) is 12.2 Å². The number of carbonyl (C=O) groups excluding carboxylic acids is 1. The second-order valence-corrected chi connectivity index (χ2v) is 7.49. The van der Waals surface area contributed by atoms with Gasteiger partial charge in [0.25, 0.3) is 0 Å². The van der Waals surface area contributed by atoms with Gasteiger partial charge in [-0.25, -0.2) is 0 Å². The molecule has 0 aromatic heterocycles. The highest BCUT2D eigenvalue weighted by Gasteiger charge is 2.58. The highest BCUT2D eigenvalue weighted by atomic mass is 16.4. The Labute approximate surface area is 127 Å². The fourth-order valence-corrected chi connectivity index (χ4v) is 4.52. The standard InChI is InChI=1S/C18H28O3/c1-12(19)17-13(8-6-4-5-7-9-16(20)21)10-14-11-15(17)18(14,2)3/h4,6,13-15,17H,5,7-11H2,1-3H3,(H,20,21)/t13-,14?,15?,17?/m0/s1. The van der Waals surface area contributed by atoms with E-state index in [-0.39, 0.29) is 12.3 Å². The van der Waals surface area contributed by atoms with Gasteiger partial charge in [-0.2, -0.15) is 0 Å². The van der Waals surface area contributed by atoms with Gasteiger partial charge >= 0.3 is 5.97 Å². The topological polar surface area (TPSA) is 54.4 Å². The van der Waals surface area contributed by atoms with E-state index in [9.17, 15) is 9.59 Å². The van der Waals surface area contributed by atoms with Gasteiger partial charge in [0, 0.05) is 12.3 Å². The van der Waals surface area contributed by atoms with Crippen molar-refractivity contribution in [3.05, 3.63) is 12.2 Å². The largest absolute Gasteiger partial charge is 0.481 e. The van der Waals surface area contributed by atoms with E-state index in [4.69, 9.17) is 5.11 Å². The maximum Gasteiger partial charge on any atom is 0.303 e. The van der Waals surface area contributed by atoms with Crippen molar-refractivity contribution in [2.24, 2.45) is 29.1 Å². The van der Waals surface area contributed by atoms with E-state index >= 15 is 0 Å². The second kappa shape index (κ2) is 6.33. The summed E-state index contributed by atoms with van der Waals surface area (Å²) >= 11 is 0. The van der Waals surface area contributed by atoms with E-state index in [0.717, 1.165) is 18.8 Å². The Kier molecular flexibility index (Phi) is 4.90. The molecule has 3 nitrogen and oxygen atoms in total. The normalized spacial score (nSPS) is 33.7. The van der Waals surface area contributed by atoms with Crippen LogP contribution in [0.2, 0.25) is 0 Å². The fraction of sp³-hybridized carbons (Fsp3) is 0.778. The third-order valence-electron chi connectivity index (χ3n) is 5.91. The van der Waals surface area contributed by atoms with E-state index in [0.29, 0.717) is 29.5 Å². The number of aliphatic carboxylic acids is 1. The number of hydrogen-bond acceptors (Lipinski definition) is 2. The summed E-state index contributed by atoms with van der Waals surface area (Å²) in [6, 6.07) is 0. The van der Waals surface area contributed by atoms with E-state index in [2.05, 4.69) is 26.0 Å². The van der Waals surface area contributed by atoms with Crippen LogP contribution < -0.4 is 0 Å². The van der Waals surface area contributed by atoms with Gasteiger partial charge in [-0.15, -0.1) is 0 Å². The van der Waals surface area contributed by atoms with Gasteiger partial charge in [-0.1, -0.05) is 26.0 Å². The molecule has 4 atom stereocenters. The Morgan fingerprint density at radius 2 is 1.95 bits per heavy atom. The minimum Gasteiger partial charge on any atom is -0.481 e. The quantitative estimate of drug-likeness (QED) is 0.568. The van der Waals surface area contributed by atoms with E-state index in [1.807, 2.05) is 0 Å². The van der Waals surface area contributed by atoms with Crippen molar-refractivity contribution in [2.75, 3.05) is 0 Å². The summed E-state index contributed by atoms with van der Waals surface area (Å²) in [5.74, 6) is 1.71. The number of unbranched alkanes of at least 4 members (excludes halogenated alkanes) is 1. The zero-order chi connectivity index (χ0) is 15.6. The molecule has 1 N–H and O–H groups in total. The van der Waals surface area contributed by atoms with Gasteiger partial charge in [0.2, 0.25) is 0 Å². The van der Waals surface area contributed by atoms with Crippen LogP contribution in [-0.2, 0) is 9.59 Å². The lowest BCUT2D eigenvalue weighted by molar-refractivity contribution is -0.157. The molecule has 0 aromatic carbocycles. The second-order valence-electron chi connectivity index (χ2n) is 7.49. The molecule has 3 rings (SSSR count). The Bertz CT molecular complexity index is 436. The smallest absolute Gasteiger partial charge is 0.303 e. The zero-order valence-electron chi connectivity index (χ0n) is 13.5. The molecule has 118 valence electrons. The molecule has 3 unspecified atom stereocenters. The van der Waals surface area contributed by atoms with E-state index in [1.165, 1.54) is 12.8 Å². The zero-order valence-corrected chi connectivity index (χ0v) is 13.5. The first kappa shape index (κ1) is 16.3. The molecular formula is C18H28O3. The van der Waals surface area contributed by atoms with Crippen LogP contribution in [0.5, 0.6) is 0 Å². The van der Waals surface area contributed by atoms with Crippen molar-refractivity contribution < 1.29 is 14.7 Å². The Balaban J connectivity index is 1.84. The summed E-state index contributed by atoms with van der Waals surface area (Å²) in [4.78, 5) is 22.5. The molecule has 0 aliphatic heterocycles. The molecule has 0 aromatic rings. The Morgan fingerprint density at radius 3 is 2.52 bits per heavy atom. The first-order valence-electron chi connectivity index (χ1n) is 8.21. The molecule has 2 bridgehead atoms. The van der Waals surface area contributed by atoms with Crippen molar-refractivity contribution in [3.8, 4) is 0 Å². The number of allylic oxidation sites excluding steroid dienone is 2. The predicted molar refractivity (Wildman–Crippen MR) is 82.9 cm³/mol. The van der Waals surface area contributed by atoms with Crippen LogP contribution in [-0.4, -0.2) is 16.9 Å². The minimum absolute atomic E-state index is 0.230. The van der Waals surface area contributed by atoms with Gasteiger partial charge in [0.15, 0.2) is 0 Å². The van der Waals surface area contributed by atoms with Crippen molar-refractivity contribution in [1.29, 1.82) is 0 Å². The van der Waals surface area contributed by atoms with Crippen LogP contribution in [0.25, 0.3) is 0 Å². The lowest BCUT2D eigenvalue weighted by Crippen LogP contribution is -2.57. The van der Waals surface area contributed by atoms with Crippen molar-refractivity contribution in [1.82, 2.24) is 0 Å². The van der Waals surface area contributed by atoms with Crippen molar-refractivity contribution in [2.45, 2.75) is 59.3 Å². The third-order valence-corrected chi connectivity index (χ3v) is 5.91. The number of Topliss-reactive ketones (excluding diaryl/α,β-unsaturated/α-hetero) is 1. The highest BCUT2D eigenvalue weighted by Crippen LogP contribution is 2.63. The maximum atomic E-state index is 12.1. The summed E-state index contributed by atoms with van der Waals surface area (Å²) < 4.78 is 0. The lowest BCUT2D eigenvalue weighted by Gasteiger charge is -2.62. The van der Waals surface area contributed by atoms with Crippen molar-refractivity contribution >= 4 is 11.8 Å². The summed E-state index contributed by atoms with van der Waals surface area (Å²) in [5.41, 5.74) is 0.345. The molecule has 3 saturated carbocycles. The van der Waals surface area contributed by atoms with Crippen LogP contribution in [0.1, 0.15) is 59.3 Å². The minimum atomic E-state index is -0.727. The number of ketones is 1. The molecule has 0 radical (unpaired) electrons. The molecule has 3 aliphatic rings. The lowest BCUT2D eigenvalue weighted by atomic mass is 9.42. The van der Waals surface area contributed by atoms with Crippen LogP contribution in [0.3, 0.4) is 0 Å². The molecule has 3 aliphatic carbocycles. The highest BCUT2D eigenvalue weighted by molar-refractivity contribution is 5.79. The number of carboxylic acid groups (broad SMARTS) is 1. The van der Waals surface area contributed by atoms with Gasteiger partial charge in [-0.05, 0) is 62.2 Å². The van der Waals surface area contributed by atoms with Gasteiger partial charge in [-0.3, -0.25) is 9.59 Å². The molecule has 0 heterocycles. The average molecular weight is 292 g/mol. The molecular weight excluding hydrogens is 264 g/mol. The van der Waals surface area contributed by atoms with E-state index < -0.39 is 5.97 Å². The summed E-state index contributed by atoms with van der Waals surface area (Å²) in [6.07, 6.45) is 9.39. The van der Waals surface area contributed by atoms with Gasteiger partial charge < -0.3 is 5.11 Å². The number of carboxylic acids is 1. The molecule has 3 fully saturated rings. The van der Waals surface area contributed by atoms with Crippen LogP contribution in [0.4, 0.5) is 0 Å². The number of carbonyl (C=O) groups is 2. The molecule has 0 saturated heterocycles. The fourth-order valence-electron chi connectivity index (χ4n) is 4.52. The number of rotatable bonds is 7. The molecule has 0 spiro atoms. The first-order valence-corrected chi connectivity index (χ1v) is 8.21. The average Bonchev–Trinajstić information content (AvgIpc) is 2.41. The molecule has 0 amide bonds. The van der Waals surface area contributed by atoms with Gasteiger partial charge in [0.05, 0.1) is 0 Å². The third kappa shape index (κ3) is 3.38. The monoisotopic (exact) mass is 292 g/mol. The van der Waals surface area contributed by atoms with Crippen LogP contribution >= 0.6 is 0 Å². The Hall–Kier alpha value is -1.12. The summed E-state index contributed by atoms with van der Waals surface area (Å²) in [6.45, 7) is 6.39.